The molecule has 0 saturated carbocycles. The quantitative estimate of drug-likeness (QED) is 0.553. The summed E-state index contributed by atoms with van der Waals surface area (Å²) in [6.07, 6.45) is -0.177. The number of aryl methyl sites for hydroxylation is 1. The van der Waals surface area contributed by atoms with Crippen LogP contribution in [0, 0.1) is 0 Å². The maximum absolute atomic E-state index is 11.9. The molecule has 0 radical (unpaired) electrons. The van der Waals surface area contributed by atoms with E-state index in [-0.39, 0.29) is 13.0 Å². The first-order valence-electron chi connectivity index (χ1n) is 5.88. The molecule has 1 fully saturated rings. The zero-order valence-electron chi connectivity index (χ0n) is 9.63. The average Bonchev–Trinajstić information content (AvgIpc) is 2.80. The number of aromatic amines is 1. The molecule has 1 saturated heterocycles. The van der Waals surface area contributed by atoms with Crippen molar-refractivity contribution in [3.05, 3.63) is 32.6 Å². The summed E-state index contributed by atoms with van der Waals surface area (Å²) in [5.74, 6) is 0. The highest BCUT2D eigenvalue weighted by molar-refractivity contribution is 5.12. The van der Waals surface area contributed by atoms with Crippen LogP contribution in [0.1, 0.15) is 18.5 Å². The number of H-pyrrole nitrogens is 1. The standard InChI is InChI=1S/C11H14N2O5/c14-5-8-7(15)4-11(18-8)2-1-6-3-9(16)12-10(17)13(6)11/h3,7-8,14-15H,1-2,4-5H2,(H,12,16,17)/t7-,8-,11-/m1/s1. The Morgan fingerprint density at radius 2 is 2.33 bits per heavy atom. The van der Waals surface area contributed by atoms with Crippen LogP contribution in [-0.2, 0) is 16.9 Å². The Balaban J connectivity index is 2.11. The number of rotatable bonds is 1. The Kier molecular flexibility index (Phi) is 2.44. The fourth-order valence-corrected chi connectivity index (χ4v) is 2.94. The van der Waals surface area contributed by atoms with Crippen molar-refractivity contribution in [3.8, 4) is 0 Å². The Labute approximate surface area is 102 Å². The lowest BCUT2D eigenvalue weighted by Crippen LogP contribution is -2.42. The predicted molar refractivity (Wildman–Crippen MR) is 60.2 cm³/mol. The largest absolute Gasteiger partial charge is 0.394 e. The van der Waals surface area contributed by atoms with Gasteiger partial charge in [-0.3, -0.25) is 14.3 Å². The van der Waals surface area contributed by atoms with Crippen LogP contribution < -0.4 is 11.2 Å². The van der Waals surface area contributed by atoms with E-state index in [1.165, 1.54) is 10.6 Å². The van der Waals surface area contributed by atoms with E-state index in [1.54, 1.807) is 0 Å². The maximum atomic E-state index is 11.9. The minimum atomic E-state index is -0.927. The third-order valence-electron chi connectivity index (χ3n) is 3.71. The molecule has 7 nitrogen and oxygen atoms in total. The summed E-state index contributed by atoms with van der Waals surface area (Å²) in [6.45, 7) is -0.295. The summed E-state index contributed by atoms with van der Waals surface area (Å²) >= 11 is 0. The second-order valence-corrected chi connectivity index (χ2v) is 4.82. The van der Waals surface area contributed by atoms with Gasteiger partial charge in [0.15, 0.2) is 5.72 Å². The summed E-state index contributed by atoms with van der Waals surface area (Å²) in [6, 6.07) is 1.37. The number of aliphatic hydroxyl groups excluding tert-OH is 2. The second kappa shape index (κ2) is 3.78. The lowest BCUT2D eigenvalue weighted by atomic mass is 10.0. The first kappa shape index (κ1) is 11.6. The third-order valence-corrected chi connectivity index (χ3v) is 3.71. The monoisotopic (exact) mass is 254 g/mol. The molecular formula is C11H14N2O5. The Hall–Kier alpha value is -1.44. The fraction of sp³-hybridized carbons (Fsp3) is 0.636. The highest BCUT2D eigenvalue weighted by Gasteiger charge is 2.50. The van der Waals surface area contributed by atoms with Crippen molar-refractivity contribution in [1.82, 2.24) is 9.55 Å². The number of nitrogens with zero attached hydrogens (tertiary/aromatic N) is 1. The van der Waals surface area contributed by atoms with Gasteiger partial charge in [-0.2, -0.15) is 0 Å². The number of aromatic nitrogens is 2. The van der Waals surface area contributed by atoms with Gasteiger partial charge in [0.25, 0.3) is 5.56 Å². The zero-order valence-corrected chi connectivity index (χ0v) is 9.63. The Bertz CT molecular complexity index is 592. The lowest BCUT2D eigenvalue weighted by Gasteiger charge is -2.26. The Morgan fingerprint density at radius 3 is 3.00 bits per heavy atom. The first-order chi connectivity index (χ1) is 8.55. The number of hydrogen-bond acceptors (Lipinski definition) is 5. The van der Waals surface area contributed by atoms with E-state index in [1.807, 2.05) is 0 Å². The number of ether oxygens (including phenoxy) is 1. The van der Waals surface area contributed by atoms with E-state index in [2.05, 4.69) is 4.98 Å². The van der Waals surface area contributed by atoms with E-state index in [9.17, 15) is 14.7 Å². The van der Waals surface area contributed by atoms with Crippen LogP contribution in [0.4, 0.5) is 0 Å². The average molecular weight is 254 g/mol. The van der Waals surface area contributed by atoms with E-state index in [0.717, 1.165) is 0 Å². The van der Waals surface area contributed by atoms with E-state index in [4.69, 9.17) is 9.84 Å². The van der Waals surface area contributed by atoms with Crippen LogP contribution in [0.2, 0.25) is 0 Å². The summed E-state index contributed by atoms with van der Waals surface area (Å²) in [5, 5.41) is 18.9. The molecule has 98 valence electrons. The lowest BCUT2D eigenvalue weighted by molar-refractivity contribution is -0.114. The summed E-state index contributed by atoms with van der Waals surface area (Å²) in [5.41, 5.74) is -1.28. The molecule has 1 spiro atoms. The van der Waals surface area contributed by atoms with Crippen LogP contribution in [0.15, 0.2) is 15.7 Å². The molecule has 1 aromatic heterocycles. The van der Waals surface area contributed by atoms with Gasteiger partial charge in [-0.25, -0.2) is 4.79 Å². The van der Waals surface area contributed by atoms with Crippen LogP contribution in [0.5, 0.6) is 0 Å². The molecular weight excluding hydrogens is 240 g/mol. The molecule has 0 bridgehead atoms. The van der Waals surface area contributed by atoms with Gasteiger partial charge in [-0.15, -0.1) is 0 Å². The van der Waals surface area contributed by atoms with Crippen molar-refractivity contribution in [1.29, 1.82) is 0 Å². The van der Waals surface area contributed by atoms with Crippen LogP contribution in [-0.4, -0.2) is 38.6 Å². The summed E-state index contributed by atoms with van der Waals surface area (Å²) in [4.78, 5) is 25.3. The van der Waals surface area contributed by atoms with Gasteiger partial charge in [0.1, 0.15) is 6.10 Å². The van der Waals surface area contributed by atoms with Crippen molar-refractivity contribution in [3.63, 3.8) is 0 Å². The molecule has 3 atom stereocenters. The Morgan fingerprint density at radius 1 is 1.56 bits per heavy atom. The molecule has 0 amide bonds. The van der Waals surface area contributed by atoms with Crippen molar-refractivity contribution >= 4 is 0 Å². The molecule has 3 heterocycles. The molecule has 1 aromatic rings. The number of aliphatic hydroxyl groups is 2. The predicted octanol–water partition coefficient (Wildman–Crippen LogP) is -1.72. The van der Waals surface area contributed by atoms with Gasteiger partial charge in [0, 0.05) is 24.6 Å². The van der Waals surface area contributed by atoms with Crippen LogP contribution in [0.3, 0.4) is 0 Å². The van der Waals surface area contributed by atoms with Crippen LogP contribution >= 0.6 is 0 Å². The van der Waals surface area contributed by atoms with Crippen molar-refractivity contribution in [2.75, 3.05) is 6.61 Å². The summed E-state index contributed by atoms with van der Waals surface area (Å²) < 4.78 is 7.06. The van der Waals surface area contributed by atoms with Gasteiger partial charge >= 0.3 is 5.69 Å². The van der Waals surface area contributed by atoms with E-state index >= 15 is 0 Å². The fourth-order valence-electron chi connectivity index (χ4n) is 2.94. The van der Waals surface area contributed by atoms with E-state index in [0.29, 0.717) is 18.5 Å². The first-order valence-corrected chi connectivity index (χ1v) is 5.88. The highest BCUT2D eigenvalue weighted by Crippen LogP contribution is 2.42. The second-order valence-electron chi connectivity index (χ2n) is 4.82. The van der Waals surface area contributed by atoms with Gasteiger partial charge in [-0.1, -0.05) is 0 Å². The molecule has 2 aliphatic rings. The molecule has 18 heavy (non-hydrogen) atoms. The third kappa shape index (κ3) is 1.48. The number of nitrogens with one attached hydrogen (secondary N) is 1. The zero-order chi connectivity index (χ0) is 12.9. The molecule has 2 aliphatic heterocycles. The molecule has 3 N–H and O–H groups in total. The smallest absolute Gasteiger partial charge is 0.330 e. The molecule has 0 unspecified atom stereocenters. The van der Waals surface area contributed by atoms with Crippen LogP contribution in [0.25, 0.3) is 0 Å². The highest BCUT2D eigenvalue weighted by atomic mass is 16.6. The van der Waals surface area contributed by atoms with Gasteiger partial charge < -0.3 is 14.9 Å². The molecule has 3 rings (SSSR count). The topological polar surface area (TPSA) is 105 Å². The van der Waals surface area contributed by atoms with Gasteiger partial charge in [0.2, 0.25) is 0 Å². The maximum Gasteiger partial charge on any atom is 0.330 e. The molecule has 0 aromatic carbocycles. The number of fused-ring (bicyclic) bond motifs is 2. The number of hydrogen-bond donors (Lipinski definition) is 3. The normalized spacial score (nSPS) is 34.1. The minimum Gasteiger partial charge on any atom is -0.394 e. The van der Waals surface area contributed by atoms with Crippen molar-refractivity contribution < 1.29 is 14.9 Å². The van der Waals surface area contributed by atoms with Gasteiger partial charge in [0.05, 0.1) is 12.7 Å². The van der Waals surface area contributed by atoms with Crippen molar-refractivity contribution in [2.24, 2.45) is 0 Å². The SMILES string of the molecule is O=c1cc2n(c(=O)[nH]1)[C@@]1(CC2)C[C@@H](O)[C@@H](CO)O1. The summed E-state index contributed by atoms with van der Waals surface area (Å²) in [7, 11) is 0. The van der Waals surface area contributed by atoms with E-state index < -0.39 is 29.2 Å². The molecule has 7 heteroatoms. The van der Waals surface area contributed by atoms with Gasteiger partial charge in [-0.05, 0) is 6.42 Å². The minimum absolute atomic E-state index is 0.247. The van der Waals surface area contributed by atoms with Crippen molar-refractivity contribution in [2.45, 2.75) is 37.2 Å². The molecule has 0 aliphatic carbocycles.